The molecule has 0 aliphatic carbocycles. The van der Waals surface area contributed by atoms with E-state index in [1.807, 2.05) is 0 Å². The Labute approximate surface area is 127 Å². The molecule has 120 valence electrons. The zero-order valence-electron chi connectivity index (χ0n) is 12.0. The van der Waals surface area contributed by atoms with Crippen molar-refractivity contribution in [2.24, 2.45) is 0 Å². The Bertz CT molecular complexity index is 519. The number of benzene rings is 1. The van der Waals surface area contributed by atoms with Crippen LogP contribution in [-0.4, -0.2) is 54.3 Å². The highest BCUT2D eigenvalue weighted by Crippen LogP contribution is 2.12. The van der Waals surface area contributed by atoms with E-state index in [2.05, 4.69) is 0 Å². The van der Waals surface area contributed by atoms with E-state index in [0.29, 0.717) is 25.3 Å². The lowest BCUT2D eigenvalue weighted by Gasteiger charge is -2.30. The number of morpholine rings is 1. The van der Waals surface area contributed by atoms with Crippen LogP contribution >= 0.6 is 0 Å². The quantitative estimate of drug-likeness (QED) is 0.801. The summed E-state index contributed by atoms with van der Waals surface area (Å²) in [5, 5.41) is 8.89. The second kappa shape index (κ2) is 7.74. The summed E-state index contributed by atoms with van der Waals surface area (Å²) >= 11 is 0. The number of carbonyl (C=O) groups excluding carboxylic acids is 1. The Morgan fingerprint density at radius 2 is 2.09 bits per heavy atom. The van der Waals surface area contributed by atoms with Gasteiger partial charge in [-0.15, -0.1) is 0 Å². The predicted molar refractivity (Wildman–Crippen MR) is 75.1 cm³/mol. The molecule has 0 saturated carbocycles. The number of hydrogen-bond acceptors (Lipinski definition) is 4. The number of nitrogens with zero attached hydrogens (tertiary/aromatic N) is 1. The Balaban J connectivity index is 1.69. The highest BCUT2D eigenvalue weighted by Gasteiger charge is 2.28. The number of aliphatic carboxylic acids is 1. The SMILES string of the molecule is O=C(O)[C@@H]1CN(C(=O)CCCOc2ccc(F)cc2)CCO1. The van der Waals surface area contributed by atoms with Crippen molar-refractivity contribution in [1.82, 2.24) is 4.90 Å². The smallest absolute Gasteiger partial charge is 0.334 e. The molecule has 0 aromatic heterocycles. The number of carbonyl (C=O) groups is 2. The van der Waals surface area contributed by atoms with E-state index in [-0.39, 0.29) is 31.3 Å². The molecule has 0 spiro atoms. The van der Waals surface area contributed by atoms with Gasteiger partial charge in [-0.1, -0.05) is 0 Å². The van der Waals surface area contributed by atoms with Crippen LogP contribution in [0.1, 0.15) is 12.8 Å². The molecule has 1 aromatic carbocycles. The van der Waals surface area contributed by atoms with Gasteiger partial charge in [0.2, 0.25) is 5.91 Å². The summed E-state index contributed by atoms with van der Waals surface area (Å²) < 4.78 is 23.2. The van der Waals surface area contributed by atoms with Crippen LogP contribution in [0, 0.1) is 5.82 Å². The number of ether oxygens (including phenoxy) is 2. The van der Waals surface area contributed by atoms with Gasteiger partial charge in [-0.25, -0.2) is 9.18 Å². The third-order valence-corrected chi connectivity index (χ3v) is 3.31. The molecule has 6 nitrogen and oxygen atoms in total. The lowest BCUT2D eigenvalue weighted by Crippen LogP contribution is -2.48. The molecule has 1 atom stereocenters. The van der Waals surface area contributed by atoms with Crippen molar-refractivity contribution in [2.75, 3.05) is 26.3 Å². The molecule has 1 heterocycles. The summed E-state index contributed by atoms with van der Waals surface area (Å²) in [6, 6.07) is 5.66. The third-order valence-electron chi connectivity index (χ3n) is 3.31. The first-order valence-corrected chi connectivity index (χ1v) is 7.07. The van der Waals surface area contributed by atoms with Crippen LogP contribution < -0.4 is 4.74 Å². The number of rotatable bonds is 6. The summed E-state index contributed by atoms with van der Waals surface area (Å²) in [6.45, 7) is 1.05. The van der Waals surface area contributed by atoms with Gasteiger partial charge in [-0.05, 0) is 30.7 Å². The van der Waals surface area contributed by atoms with E-state index >= 15 is 0 Å². The third kappa shape index (κ3) is 4.70. The first-order valence-electron chi connectivity index (χ1n) is 7.07. The second-order valence-corrected chi connectivity index (χ2v) is 4.94. The van der Waals surface area contributed by atoms with Gasteiger partial charge in [-0.2, -0.15) is 0 Å². The molecule has 22 heavy (non-hydrogen) atoms. The average Bonchev–Trinajstić information content (AvgIpc) is 2.53. The van der Waals surface area contributed by atoms with Crippen LogP contribution in [0.2, 0.25) is 0 Å². The van der Waals surface area contributed by atoms with E-state index in [4.69, 9.17) is 14.6 Å². The van der Waals surface area contributed by atoms with E-state index in [9.17, 15) is 14.0 Å². The van der Waals surface area contributed by atoms with Gasteiger partial charge in [0, 0.05) is 13.0 Å². The molecule has 2 rings (SSSR count). The first-order chi connectivity index (χ1) is 10.6. The molecule has 0 unspecified atom stereocenters. The fourth-order valence-corrected chi connectivity index (χ4v) is 2.13. The van der Waals surface area contributed by atoms with Crippen LogP contribution in [0.25, 0.3) is 0 Å². The molecule has 0 radical (unpaired) electrons. The van der Waals surface area contributed by atoms with E-state index in [1.54, 1.807) is 0 Å². The van der Waals surface area contributed by atoms with Crippen molar-refractivity contribution in [3.8, 4) is 5.75 Å². The Morgan fingerprint density at radius 3 is 2.77 bits per heavy atom. The van der Waals surface area contributed by atoms with E-state index in [0.717, 1.165) is 0 Å². The van der Waals surface area contributed by atoms with Crippen LogP contribution in [-0.2, 0) is 14.3 Å². The molecule has 0 bridgehead atoms. The fourth-order valence-electron chi connectivity index (χ4n) is 2.13. The first kappa shape index (κ1) is 16.2. The van der Waals surface area contributed by atoms with Crippen molar-refractivity contribution >= 4 is 11.9 Å². The minimum Gasteiger partial charge on any atom is -0.494 e. The molecule has 1 aromatic rings. The summed E-state index contributed by atoms with van der Waals surface area (Å²) in [5.74, 6) is -0.955. The minimum absolute atomic E-state index is 0.0764. The number of carboxylic acids is 1. The number of halogens is 1. The van der Waals surface area contributed by atoms with Crippen LogP contribution in [0.3, 0.4) is 0 Å². The lowest BCUT2D eigenvalue weighted by molar-refractivity contribution is -0.159. The minimum atomic E-state index is -1.06. The molecular formula is C15H18FNO5. The largest absolute Gasteiger partial charge is 0.494 e. The summed E-state index contributed by atoms with van der Waals surface area (Å²) in [7, 11) is 0. The van der Waals surface area contributed by atoms with Gasteiger partial charge in [-0.3, -0.25) is 4.79 Å². The normalized spacial score (nSPS) is 18.0. The van der Waals surface area contributed by atoms with Gasteiger partial charge in [0.1, 0.15) is 11.6 Å². The van der Waals surface area contributed by atoms with Crippen LogP contribution in [0.15, 0.2) is 24.3 Å². The fraction of sp³-hybridized carbons (Fsp3) is 0.467. The zero-order valence-corrected chi connectivity index (χ0v) is 12.0. The lowest BCUT2D eigenvalue weighted by atomic mass is 10.2. The summed E-state index contributed by atoms with van der Waals surface area (Å²) in [5.41, 5.74) is 0. The molecule has 1 fully saturated rings. The molecule has 1 amide bonds. The van der Waals surface area contributed by atoms with Crippen molar-refractivity contribution in [2.45, 2.75) is 18.9 Å². The topological polar surface area (TPSA) is 76.1 Å². The van der Waals surface area contributed by atoms with Crippen molar-refractivity contribution in [1.29, 1.82) is 0 Å². The molecule has 1 saturated heterocycles. The van der Waals surface area contributed by atoms with Gasteiger partial charge >= 0.3 is 5.97 Å². The molecule has 1 aliphatic rings. The Kier molecular flexibility index (Phi) is 5.71. The molecule has 1 aliphatic heterocycles. The van der Waals surface area contributed by atoms with E-state index < -0.39 is 12.1 Å². The zero-order chi connectivity index (χ0) is 15.9. The highest BCUT2D eigenvalue weighted by molar-refractivity contribution is 5.78. The number of amides is 1. The predicted octanol–water partition coefficient (Wildman–Crippen LogP) is 1.30. The Morgan fingerprint density at radius 1 is 1.36 bits per heavy atom. The maximum Gasteiger partial charge on any atom is 0.334 e. The summed E-state index contributed by atoms with van der Waals surface area (Å²) in [6.07, 6.45) is -0.174. The van der Waals surface area contributed by atoms with Crippen molar-refractivity contribution < 1.29 is 28.6 Å². The molecule has 1 N–H and O–H groups in total. The number of carboxylic acid groups (broad SMARTS) is 1. The van der Waals surface area contributed by atoms with Crippen molar-refractivity contribution in [3.63, 3.8) is 0 Å². The van der Waals surface area contributed by atoms with Gasteiger partial charge in [0.25, 0.3) is 0 Å². The summed E-state index contributed by atoms with van der Waals surface area (Å²) in [4.78, 5) is 24.3. The molecular weight excluding hydrogens is 293 g/mol. The van der Waals surface area contributed by atoms with Gasteiger partial charge < -0.3 is 19.5 Å². The highest BCUT2D eigenvalue weighted by atomic mass is 19.1. The standard InChI is InChI=1S/C15H18FNO5/c16-11-3-5-12(6-4-11)21-8-1-2-14(18)17-7-9-22-13(10-17)15(19)20/h3-6,13H,1-2,7-10H2,(H,19,20)/t13-/m0/s1. The second-order valence-electron chi connectivity index (χ2n) is 4.94. The number of hydrogen-bond donors (Lipinski definition) is 1. The van der Waals surface area contributed by atoms with Gasteiger partial charge in [0.05, 0.1) is 19.8 Å². The Hall–Kier alpha value is -2.15. The maximum absolute atomic E-state index is 12.7. The van der Waals surface area contributed by atoms with Crippen LogP contribution in [0.4, 0.5) is 4.39 Å². The van der Waals surface area contributed by atoms with Crippen molar-refractivity contribution in [3.05, 3.63) is 30.1 Å². The van der Waals surface area contributed by atoms with Gasteiger partial charge in [0.15, 0.2) is 6.10 Å². The average molecular weight is 311 g/mol. The monoisotopic (exact) mass is 311 g/mol. The molecule has 7 heteroatoms. The van der Waals surface area contributed by atoms with Crippen LogP contribution in [0.5, 0.6) is 5.75 Å². The maximum atomic E-state index is 12.7. The van der Waals surface area contributed by atoms with E-state index in [1.165, 1.54) is 29.2 Å².